The highest BCUT2D eigenvalue weighted by Crippen LogP contribution is 2.36. The molecule has 1 aliphatic carbocycles. The van der Waals surface area contributed by atoms with E-state index in [1.165, 1.54) is 16.0 Å². The summed E-state index contributed by atoms with van der Waals surface area (Å²) in [7, 11) is 0. The summed E-state index contributed by atoms with van der Waals surface area (Å²) in [6.07, 6.45) is 4.24. The highest BCUT2D eigenvalue weighted by Gasteiger charge is 2.24. The van der Waals surface area contributed by atoms with E-state index in [9.17, 15) is 4.79 Å². The zero-order valence-corrected chi connectivity index (χ0v) is 16.6. The number of thiophene rings is 1. The lowest BCUT2D eigenvalue weighted by Gasteiger charge is -2.18. The molecule has 0 radical (unpaired) electrons. The molecule has 1 unspecified atom stereocenters. The minimum atomic E-state index is 0.0561. The SMILES string of the molecule is Cc1ccc(-c2nc3sc4c(c3c(=O)n2CCCC#N)CCC(C)C4)cc1. The number of aryl methyl sites for hydroxylation is 2. The van der Waals surface area contributed by atoms with Gasteiger partial charge in [0.2, 0.25) is 0 Å². The number of benzene rings is 1. The molecule has 4 rings (SSSR count). The van der Waals surface area contributed by atoms with E-state index in [0.29, 0.717) is 25.3 Å². The van der Waals surface area contributed by atoms with E-state index in [1.54, 1.807) is 15.9 Å². The number of nitriles is 1. The summed E-state index contributed by atoms with van der Waals surface area (Å²) in [6.45, 7) is 4.85. The molecule has 0 saturated heterocycles. The largest absolute Gasteiger partial charge is 0.292 e. The second-order valence-corrected chi connectivity index (χ2v) is 8.64. The number of nitrogens with zero attached hydrogens (tertiary/aromatic N) is 3. The molecule has 0 bridgehead atoms. The van der Waals surface area contributed by atoms with Crippen molar-refractivity contribution in [1.82, 2.24) is 9.55 Å². The van der Waals surface area contributed by atoms with Gasteiger partial charge >= 0.3 is 0 Å². The summed E-state index contributed by atoms with van der Waals surface area (Å²) in [5.41, 5.74) is 3.41. The quantitative estimate of drug-likeness (QED) is 0.610. The number of aromatic nitrogens is 2. The van der Waals surface area contributed by atoms with Crippen molar-refractivity contribution in [2.75, 3.05) is 0 Å². The van der Waals surface area contributed by atoms with Crippen LogP contribution in [0.4, 0.5) is 0 Å². The molecule has 1 aromatic carbocycles. The molecule has 0 spiro atoms. The topological polar surface area (TPSA) is 58.7 Å². The van der Waals surface area contributed by atoms with Gasteiger partial charge in [-0.15, -0.1) is 11.3 Å². The van der Waals surface area contributed by atoms with Crippen LogP contribution >= 0.6 is 11.3 Å². The lowest BCUT2D eigenvalue weighted by Crippen LogP contribution is -2.24. The predicted octanol–water partition coefficient (Wildman–Crippen LogP) is 4.86. The number of rotatable bonds is 4. The van der Waals surface area contributed by atoms with E-state index in [0.717, 1.165) is 40.9 Å². The average molecular weight is 378 g/mol. The Morgan fingerprint density at radius 2 is 2.11 bits per heavy atom. The van der Waals surface area contributed by atoms with Crippen LogP contribution in [0.2, 0.25) is 0 Å². The van der Waals surface area contributed by atoms with Crippen LogP contribution in [0.5, 0.6) is 0 Å². The lowest BCUT2D eigenvalue weighted by atomic mass is 9.89. The minimum Gasteiger partial charge on any atom is -0.292 e. The Kier molecular flexibility index (Phi) is 4.84. The van der Waals surface area contributed by atoms with Crippen molar-refractivity contribution in [2.24, 2.45) is 5.92 Å². The van der Waals surface area contributed by atoms with Crippen molar-refractivity contribution >= 4 is 21.6 Å². The first-order valence-corrected chi connectivity index (χ1v) is 10.4. The van der Waals surface area contributed by atoms with E-state index >= 15 is 0 Å². The first-order chi connectivity index (χ1) is 13.1. The molecule has 5 heteroatoms. The van der Waals surface area contributed by atoms with E-state index in [1.807, 2.05) is 24.3 Å². The smallest absolute Gasteiger partial charge is 0.262 e. The van der Waals surface area contributed by atoms with Gasteiger partial charge < -0.3 is 0 Å². The third kappa shape index (κ3) is 3.30. The van der Waals surface area contributed by atoms with Gasteiger partial charge in [0.05, 0.1) is 11.5 Å². The van der Waals surface area contributed by atoms with Gasteiger partial charge in [-0.05, 0) is 44.1 Å². The monoisotopic (exact) mass is 377 g/mol. The third-order valence-electron chi connectivity index (χ3n) is 5.40. The number of hydrogen-bond donors (Lipinski definition) is 0. The van der Waals surface area contributed by atoms with E-state index in [4.69, 9.17) is 10.2 Å². The molecule has 0 saturated carbocycles. The van der Waals surface area contributed by atoms with Crippen LogP contribution in [0.15, 0.2) is 29.1 Å². The molecule has 1 atom stereocenters. The van der Waals surface area contributed by atoms with Crippen LogP contribution in [0, 0.1) is 24.2 Å². The van der Waals surface area contributed by atoms with Crippen LogP contribution in [-0.4, -0.2) is 9.55 Å². The summed E-state index contributed by atoms with van der Waals surface area (Å²) in [5, 5.41) is 9.72. The number of fused-ring (bicyclic) bond motifs is 3. The zero-order valence-electron chi connectivity index (χ0n) is 15.8. The maximum absolute atomic E-state index is 13.4. The minimum absolute atomic E-state index is 0.0561. The van der Waals surface area contributed by atoms with Crippen LogP contribution in [0.3, 0.4) is 0 Å². The molecular formula is C22H23N3OS. The standard InChI is InChI=1S/C22H23N3OS/c1-14-5-8-16(9-6-14)20-24-21-19(22(26)25(20)12-4-3-11-23)17-10-7-15(2)13-18(17)27-21/h5-6,8-9,15H,3-4,7,10,12-13H2,1-2H3. The van der Waals surface area contributed by atoms with Crippen molar-refractivity contribution < 1.29 is 0 Å². The molecular weight excluding hydrogens is 354 g/mol. The Morgan fingerprint density at radius 3 is 2.85 bits per heavy atom. The third-order valence-corrected chi connectivity index (χ3v) is 6.54. The summed E-state index contributed by atoms with van der Waals surface area (Å²) in [4.78, 5) is 20.6. The number of unbranched alkanes of at least 4 members (excludes halogenated alkanes) is 1. The lowest BCUT2D eigenvalue weighted by molar-refractivity contribution is 0.509. The second kappa shape index (κ2) is 7.28. The van der Waals surface area contributed by atoms with Gasteiger partial charge in [-0.1, -0.05) is 36.8 Å². The van der Waals surface area contributed by atoms with Crippen LogP contribution in [0.25, 0.3) is 21.6 Å². The van der Waals surface area contributed by atoms with Crippen molar-refractivity contribution in [3.63, 3.8) is 0 Å². The molecule has 3 aromatic rings. The molecule has 0 amide bonds. The molecule has 2 aromatic heterocycles. The Hall–Kier alpha value is -2.45. The van der Waals surface area contributed by atoms with Crippen LogP contribution in [-0.2, 0) is 19.4 Å². The summed E-state index contributed by atoms with van der Waals surface area (Å²) >= 11 is 1.69. The normalized spacial score (nSPS) is 16.3. The fourth-order valence-corrected chi connectivity index (χ4v) is 5.24. The zero-order chi connectivity index (χ0) is 19.0. The highest BCUT2D eigenvalue weighted by atomic mass is 32.1. The van der Waals surface area contributed by atoms with Crippen LogP contribution in [0.1, 0.15) is 42.2 Å². The van der Waals surface area contributed by atoms with Crippen LogP contribution < -0.4 is 5.56 Å². The van der Waals surface area contributed by atoms with Crippen molar-refractivity contribution in [3.05, 3.63) is 50.6 Å². The molecule has 4 nitrogen and oxygen atoms in total. The maximum atomic E-state index is 13.4. The summed E-state index contributed by atoms with van der Waals surface area (Å²) in [5.74, 6) is 1.39. The predicted molar refractivity (Wildman–Crippen MR) is 110 cm³/mol. The average Bonchev–Trinajstić information content (AvgIpc) is 3.01. The highest BCUT2D eigenvalue weighted by molar-refractivity contribution is 7.18. The van der Waals surface area contributed by atoms with E-state index < -0.39 is 0 Å². The fraction of sp³-hybridized carbons (Fsp3) is 0.409. The molecule has 0 aliphatic heterocycles. The number of hydrogen-bond acceptors (Lipinski definition) is 4. The first-order valence-electron chi connectivity index (χ1n) is 9.57. The van der Waals surface area contributed by atoms with E-state index in [2.05, 4.69) is 19.9 Å². The van der Waals surface area contributed by atoms with Gasteiger partial charge in [-0.25, -0.2) is 4.98 Å². The fourth-order valence-electron chi connectivity index (χ4n) is 3.87. The van der Waals surface area contributed by atoms with Crippen molar-refractivity contribution in [1.29, 1.82) is 5.26 Å². The first kappa shape index (κ1) is 17.9. The summed E-state index contributed by atoms with van der Waals surface area (Å²) in [6, 6.07) is 10.3. The Labute approximate surface area is 163 Å². The molecule has 2 heterocycles. The van der Waals surface area contributed by atoms with Gasteiger partial charge in [0.1, 0.15) is 10.7 Å². The van der Waals surface area contributed by atoms with E-state index in [-0.39, 0.29) is 5.56 Å². The molecule has 0 N–H and O–H groups in total. The van der Waals surface area contributed by atoms with Gasteiger partial charge in [0.15, 0.2) is 0 Å². The summed E-state index contributed by atoms with van der Waals surface area (Å²) < 4.78 is 1.79. The van der Waals surface area contributed by atoms with Gasteiger partial charge in [0, 0.05) is 23.4 Å². The maximum Gasteiger partial charge on any atom is 0.262 e. The Morgan fingerprint density at radius 1 is 1.33 bits per heavy atom. The molecule has 1 aliphatic rings. The molecule has 138 valence electrons. The van der Waals surface area contributed by atoms with Crippen molar-refractivity contribution in [2.45, 2.75) is 52.5 Å². The molecule has 27 heavy (non-hydrogen) atoms. The Bertz CT molecular complexity index is 1090. The van der Waals surface area contributed by atoms with Gasteiger partial charge in [0.25, 0.3) is 5.56 Å². The Balaban J connectivity index is 1.92. The van der Waals surface area contributed by atoms with Gasteiger partial charge in [-0.2, -0.15) is 5.26 Å². The van der Waals surface area contributed by atoms with Crippen molar-refractivity contribution in [3.8, 4) is 17.5 Å². The molecule has 0 fully saturated rings. The van der Waals surface area contributed by atoms with Gasteiger partial charge in [-0.3, -0.25) is 9.36 Å². The second-order valence-electron chi connectivity index (χ2n) is 7.55.